The van der Waals surface area contributed by atoms with Crippen LogP contribution >= 0.6 is 0 Å². The lowest BCUT2D eigenvalue weighted by Crippen LogP contribution is -2.47. The minimum Gasteiger partial charge on any atom is -0.394 e. The Morgan fingerprint density at radius 1 is 1.59 bits per heavy atom. The summed E-state index contributed by atoms with van der Waals surface area (Å²) in [6.07, 6.45) is 1.53. The summed E-state index contributed by atoms with van der Waals surface area (Å²) in [6.45, 7) is -0.398. The Morgan fingerprint density at radius 3 is 2.82 bits per heavy atom. The van der Waals surface area contributed by atoms with Gasteiger partial charge >= 0.3 is 0 Å². The van der Waals surface area contributed by atoms with E-state index >= 15 is 0 Å². The van der Waals surface area contributed by atoms with Gasteiger partial charge in [0.2, 0.25) is 5.91 Å². The zero-order valence-corrected chi connectivity index (χ0v) is 9.32. The normalized spacial score (nSPS) is 18.5. The van der Waals surface area contributed by atoms with Crippen molar-refractivity contribution in [1.29, 1.82) is 0 Å². The summed E-state index contributed by atoms with van der Waals surface area (Å²) >= 11 is 0. The standard InChI is InChI=1S/C12H15FN2O2/c13-9-3-1-2-8(6-9)12(4-5-12)15-11(17)10(14)7-16/h1-3,6,10,16H,4-5,7,14H2,(H,15,17). The van der Waals surface area contributed by atoms with E-state index in [1.54, 1.807) is 12.1 Å². The van der Waals surface area contributed by atoms with Gasteiger partial charge in [-0.2, -0.15) is 0 Å². The van der Waals surface area contributed by atoms with Crippen LogP contribution in [0.25, 0.3) is 0 Å². The maximum Gasteiger partial charge on any atom is 0.239 e. The monoisotopic (exact) mass is 238 g/mol. The zero-order valence-electron chi connectivity index (χ0n) is 9.32. The molecule has 1 aromatic rings. The Bertz CT molecular complexity index is 432. The van der Waals surface area contributed by atoms with Crippen LogP contribution in [0.15, 0.2) is 24.3 Å². The largest absolute Gasteiger partial charge is 0.394 e. The average Bonchev–Trinajstić information content (AvgIpc) is 3.09. The van der Waals surface area contributed by atoms with Gasteiger partial charge in [0.25, 0.3) is 0 Å². The van der Waals surface area contributed by atoms with E-state index in [2.05, 4.69) is 5.32 Å². The number of aliphatic hydroxyl groups excluding tert-OH is 1. The van der Waals surface area contributed by atoms with Crippen molar-refractivity contribution < 1.29 is 14.3 Å². The molecule has 5 heteroatoms. The SMILES string of the molecule is NC(CO)C(=O)NC1(c2cccc(F)c2)CC1. The molecule has 1 amide bonds. The van der Waals surface area contributed by atoms with Gasteiger partial charge in [-0.15, -0.1) is 0 Å². The lowest BCUT2D eigenvalue weighted by atomic mass is 10.0. The van der Waals surface area contributed by atoms with Crippen LogP contribution in [-0.4, -0.2) is 23.7 Å². The predicted molar refractivity (Wildman–Crippen MR) is 60.5 cm³/mol. The first kappa shape index (κ1) is 12.0. The fourth-order valence-corrected chi connectivity index (χ4v) is 1.81. The van der Waals surface area contributed by atoms with Crippen LogP contribution in [0, 0.1) is 5.82 Å². The maximum absolute atomic E-state index is 13.1. The molecule has 0 aromatic heterocycles. The van der Waals surface area contributed by atoms with Crippen molar-refractivity contribution in [3.63, 3.8) is 0 Å². The average molecular weight is 238 g/mol. The number of hydrogen-bond acceptors (Lipinski definition) is 3. The maximum atomic E-state index is 13.1. The summed E-state index contributed by atoms with van der Waals surface area (Å²) in [5, 5.41) is 11.6. The highest BCUT2D eigenvalue weighted by atomic mass is 19.1. The van der Waals surface area contributed by atoms with Crippen molar-refractivity contribution in [2.45, 2.75) is 24.4 Å². The molecule has 0 saturated heterocycles. The Kier molecular flexibility index (Phi) is 3.13. The van der Waals surface area contributed by atoms with Gasteiger partial charge in [-0.25, -0.2) is 4.39 Å². The molecule has 4 N–H and O–H groups in total. The second-order valence-electron chi connectivity index (χ2n) is 4.37. The topological polar surface area (TPSA) is 75.3 Å². The van der Waals surface area contributed by atoms with Crippen molar-refractivity contribution in [3.05, 3.63) is 35.6 Å². The minimum atomic E-state index is -0.930. The highest BCUT2D eigenvalue weighted by Crippen LogP contribution is 2.45. The third-order valence-corrected chi connectivity index (χ3v) is 3.02. The Hall–Kier alpha value is -1.46. The summed E-state index contributed by atoms with van der Waals surface area (Å²) in [5.74, 6) is -0.733. The molecule has 0 heterocycles. The van der Waals surface area contributed by atoms with Gasteiger partial charge in [0.05, 0.1) is 12.1 Å². The van der Waals surface area contributed by atoms with E-state index in [9.17, 15) is 9.18 Å². The number of carbonyl (C=O) groups is 1. The van der Waals surface area contributed by atoms with Gasteiger partial charge in [0.15, 0.2) is 0 Å². The van der Waals surface area contributed by atoms with Gasteiger partial charge < -0.3 is 16.2 Å². The van der Waals surface area contributed by atoms with Crippen LogP contribution in [0.1, 0.15) is 18.4 Å². The first-order valence-electron chi connectivity index (χ1n) is 5.52. The van der Waals surface area contributed by atoms with E-state index in [0.29, 0.717) is 0 Å². The van der Waals surface area contributed by atoms with Crippen LogP contribution in [0.3, 0.4) is 0 Å². The van der Waals surface area contributed by atoms with Crippen LogP contribution in [0.2, 0.25) is 0 Å². The van der Waals surface area contributed by atoms with Crippen LogP contribution in [0.5, 0.6) is 0 Å². The van der Waals surface area contributed by atoms with Crippen molar-refractivity contribution in [1.82, 2.24) is 5.32 Å². The highest BCUT2D eigenvalue weighted by molar-refractivity contribution is 5.83. The molecule has 0 aliphatic heterocycles. The first-order valence-corrected chi connectivity index (χ1v) is 5.52. The lowest BCUT2D eigenvalue weighted by molar-refractivity contribution is -0.124. The van der Waals surface area contributed by atoms with Crippen LogP contribution < -0.4 is 11.1 Å². The van der Waals surface area contributed by atoms with E-state index in [-0.39, 0.29) is 5.82 Å². The lowest BCUT2D eigenvalue weighted by Gasteiger charge is -2.20. The van der Waals surface area contributed by atoms with Gasteiger partial charge in [-0.05, 0) is 30.5 Å². The zero-order chi connectivity index (χ0) is 12.5. The summed E-state index contributed by atoms with van der Waals surface area (Å²) < 4.78 is 13.1. The summed E-state index contributed by atoms with van der Waals surface area (Å²) in [4.78, 5) is 11.6. The van der Waals surface area contributed by atoms with Crippen LogP contribution in [0.4, 0.5) is 4.39 Å². The quantitative estimate of drug-likeness (QED) is 0.704. The molecule has 1 aromatic carbocycles. The molecular weight excluding hydrogens is 223 g/mol. The molecule has 1 aliphatic rings. The molecule has 0 radical (unpaired) electrons. The smallest absolute Gasteiger partial charge is 0.239 e. The number of nitrogens with two attached hydrogens (primary N) is 1. The molecule has 1 saturated carbocycles. The second kappa shape index (κ2) is 4.43. The summed E-state index contributed by atoms with van der Waals surface area (Å²) in [5.41, 5.74) is 5.68. The van der Waals surface area contributed by atoms with E-state index in [4.69, 9.17) is 10.8 Å². The van der Waals surface area contributed by atoms with Gasteiger partial charge in [0, 0.05) is 0 Å². The molecule has 1 atom stereocenters. The second-order valence-corrected chi connectivity index (χ2v) is 4.37. The van der Waals surface area contributed by atoms with E-state index in [1.807, 2.05) is 0 Å². The Labute approximate surface area is 98.6 Å². The molecule has 0 bridgehead atoms. The number of rotatable bonds is 4. The molecule has 92 valence electrons. The molecule has 2 rings (SSSR count). The molecule has 4 nitrogen and oxygen atoms in total. The van der Waals surface area contributed by atoms with E-state index < -0.39 is 24.1 Å². The predicted octanol–water partition coefficient (Wildman–Crippen LogP) is 0.251. The number of carbonyl (C=O) groups excluding carboxylic acids is 1. The fraction of sp³-hybridized carbons (Fsp3) is 0.417. The fourth-order valence-electron chi connectivity index (χ4n) is 1.81. The van der Waals surface area contributed by atoms with Crippen LogP contribution in [-0.2, 0) is 10.3 Å². The summed E-state index contributed by atoms with van der Waals surface area (Å²) in [6, 6.07) is 5.24. The Balaban J connectivity index is 2.13. The van der Waals surface area contributed by atoms with Gasteiger partial charge in [-0.3, -0.25) is 4.79 Å². The van der Waals surface area contributed by atoms with Gasteiger partial charge in [-0.1, -0.05) is 12.1 Å². The number of amides is 1. The molecule has 17 heavy (non-hydrogen) atoms. The van der Waals surface area contributed by atoms with Crippen molar-refractivity contribution in [2.24, 2.45) is 5.73 Å². The third kappa shape index (κ3) is 2.45. The van der Waals surface area contributed by atoms with Crippen molar-refractivity contribution in [3.8, 4) is 0 Å². The minimum absolute atomic E-state index is 0.325. The number of benzene rings is 1. The third-order valence-electron chi connectivity index (χ3n) is 3.02. The highest BCUT2D eigenvalue weighted by Gasteiger charge is 2.46. The number of aliphatic hydroxyl groups is 1. The summed E-state index contributed by atoms with van der Waals surface area (Å²) in [7, 11) is 0. The van der Waals surface area contributed by atoms with E-state index in [1.165, 1.54) is 12.1 Å². The number of hydrogen-bond donors (Lipinski definition) is 3. The number of nitrogens with one attached hydrogen (secondary N) is 1. The Morgan fingerprint density at radius 2 is 2.29 bits per heavy atom. The van der Waals surface area contributed by atoms with Gasteiger partial charge in [0.1, 0.15) is 11.9 Å². The molecule has 0 spiro atoms. The van der Waals surface area contributed by atoms with Crippen molar-refractivity contribution in [2.75, 3.05) is 6.61 Å². The molecular formula is C12H15FN2O2. The van der Waals surface area contributed by atoms with Crippen molar-refractivity contribution >= 4 is 5.91 Å². The molecule has 1 aliphatic carbocycles. The first-order chi connectivity index (χ1) is 8.07. The number of halogens is 1. The molecule has 1 fully saturated rings. The molecule has 1 unspecified atom stereocenters. The van der Waals surface area contributed by atoms with E-state index in [0.717, 1.165) is 18.4 Å².